The number of aryl methyl sites for hydroxylation is 1. The SMILES string of the molecule is Cc1ccccc1N1C(=O)NC(=O)/C(=C\c2ccccc2OCc2ccc(C(=O)O)cc2)C1=O. The summed E-state index contributed by atoms with van der Waals surface area (Å²) >= 11 is 0. The summed E-state index contributed by atoms with van der Waals surface area (Å²) in [4.78, 5) is 50.1. The van der Waals surface area contributed by atoms with Crippen molar-refractivity contribution < 1.29 is 29.0 Å². The predicted molar refractivity (Wildman–Crippen MR) is 124 cm³/mol. The second-order valence-corrected chi connectivity index (χ2v) is 7.57. The molecule has 1 heterocycles. The van der Waals surface area contributed by atoms with Crippen LogP contribution in [0, 0.1) is 6.92 Å². The highest BCUT2D eigenvalue weighted by molar-refractivity contribution is 6.39. The molecule has 2 N–H and O–H groups in total. The lowest BCUT2D eigenvalue weighted by Crippen LogP contribution is -2.54. The molecule has 3 aromatic carbocycles. The van der Waals surface area contributed by atoms with Crippen LogP contribution in [0.15, 0.2) is 78.4 Å². The van der Waals surface area contributed by atoms with E-state index in [1.165, 1.54) is 18.2 Å². The molecule has 0 radical (unpaired) electrons. The van der Waals surface area contributed by atoms with E-state index in [1.807, 2.05) is 0 Å². The molecule has 4 amide bonds. The molecule has 0 saturated carbocycles. The van der Waals surface area contributed by atoms with Crippen LogP contribution in [0.25, 0.3) is 6.08 Å². The monoisotopic (exact) mass is 456 g/mol. The average Bonchev–Trinajstić information content (AvgIpc) is 2.82. The third kappa shape index (κ3) is 4.56. The van der Waals surface area contributed by atoms with Crippen LogP contribution < -0.4 is 15.0 Å². The van der Waals surface area contributed by atoms with Crippen LogP contribution in [-0.2, 0) is 16.2 Å². The Morgan fingerprint density at radius 1 is 0.971 bits per heavy atom. The van der Waals surface area contributed by atoms with Crippen LogP contribution in [0.2, 0.25) is 0 Å². The summed E-state index contributed by atoms with van der Waals surface area (Å²) in [5.74, 6) is -2.13. The first-order valence-electron chi connectivity index (χ1n) is 10.4. The minimum atomic E-state index is -1.02. The van der Waals surface area contributed by atoms with Crippen molar-refractivity contribution >= 4 is 35.6 Å². The van der Waals surface area contributed by atoms with Crippen LogP contribution in [0.1, 0.15) is 27.0 Å². The number of anilines is 1. The summed E-state index contributed by atoms with van der Waals surface area (Å²) in [6.07, 6.45) is 1.39. The maximum absolute atomic E-state index is 13.2. The highest BCUT2D eigenvalue weighted by atomic mass is 16.5. The fraction of sp³-hybridized carbons (Fsp3) is 0.0769. The fourth-order valence-corrected chi connectivity index (χ4v) is 3.48. The quantitative estimate of drug-likeness (QED) is 0.429. The Kier molecular flexibility index (Phi) is 6.22. The van der Waals surface area contributed by atoms with Crippen LogP contribution in [0.3, 0.4) is 0 Å². The van der Waals surface area contributed by atoms with Crippen molar-refractivity contribution in [2.75, 3.05) is 4.90 Å². The molecular weight excluding hydrogens is 436 g/mol. The number of benzene rings is 3. The van der Waals surface area contributed by atoms with Crippen molar-refractivity contribution in [1.29, 1.82) is 0 Å². The molecule has 0 bridgehead atoms. The minimum absolute atomic E-state index is 0.147. The number of rotatable bonds is 6. The number of carboxylic acid groups (broad SMARTS) is 1. The Bertz CT molecular complexity index is 1330. The molecule has 1 aliphatic heterocycles. The Morgan fingerprint density at radius 2 is 1.65 bits per heavy atom. The molecule has 3 aromatic rings. The Balaban J connectivity index is 1.61. The van der Waals surface area contributed by atoms with Gasteiger partial charge < -0.3 is 9.84 Å². The third-order valence-electron chi connectivity index (χ3n) is 5.27. The fourth-order valence-electron chi connectivity index (χ4n) is 3.48. The number of carboxylic acids is 1. The van der Waals surface area contributed by atoms with Gasteiger partial charge in [-0.1, -0.05) is 48.5 Å². The zero-order chi connectivity index (χ0) is 24.2. The number of aromatic carboxylic acids is 1. The van der Waals surface area contributed by atoms with E-state index in [-0.39, 0.29) is 17.7 Å². The summed E-state index contributed by atoms with van der Waals surface area (Å²) < 4.78 is 5.87. The Morgan fingerprint density at radius 3 is 2.35 bits per heavy atom. The van der Waals surface area contributed by atoms with E-state index in [1.54, 1.807) is 67.6 Å². The lowest BCUT2D eigenvalue weighted by molar-refractivity contribution is -0.122. The second-order valence-electron chi connectivity index (χ2n) is 7.57. The summed E-state index contributed by atoms with van der Waals surface area (Å²) in [5.41, 5.74) is 2.28. The first-order chi connectivity index (χ1) is 16.3. The van der Waals surface area contributed by atoms with Crippen molar-refractivity contribution in [2.45, 2.75) is 13.5 Å². The number of hydrogen-bond donors (Lipinski definition) is 2. The number of carbonyl (C=O) groups is 4. The van der Waals surface area contributed by atoms with E-state index < -0.39 is 23.8 Å². The summed E-state index contributed by atoms with van der Waals surface area (Å²) in [6.45, 7) is 1.91. The second kappa shape index (κ2) is 9.41. The molecule has 0 aromatic heterocycles. The average molecular weight is 456 g/mol. The molecule has 0 aliphatic carbocycles. The standard InChI is InChI=1S/C26H20N2O6/c1-16-6-2-4-8-21(16)28-24(30)20(23(29)27-26(28)33)14-19-7-3-5-9-22(19)34-15-17-10-12-18(13-11-17)25(31)32/h2-14H,15H2,1H3,(H,31,32)(H,27,29,33)/b20-14+. The molecule has 4 rings (SSSR count). The largest absolute Gasteiger partial charge is 0.488 e. The van der Waals surface area contributed by atoms with Gasteiger partial charge in [0.15, 0.2) is 0 Å². The molecule has 34 heavy (non-hydrogen) atoms. The van der Waals surface area contributed by atoms with Gasteiger partial charge in [0.2, 0.25) is 0 Å². The van der Waals surface area contributed by atoms with Crippen molar-refractivity contribution in [2.24, 2.45) is 0 Å². The molecule has 1 fully saturated rings. The molecule has 8 nitrogen and oxygen atoms in total. The van der Waals surface area contributed by atoms with Crippen molar-refractivity contribution in [3.05, 3.63) is 101 Å². The van der Waals surface area contributed by atoms with Gasteiger partial charge in [0.25, 0.3) is 11.8 Å². The van der Waals surface area contributed by atoms with Gasteiger partial charge in [-0.25, -0.2) is 14.5 Å². The maximum atomic E-state index is 13.2. The van der Waals surface area contributed by atoms with Crippen molar-refractivity contribution in [3.63, 3.8) is 0 Å². The van der Waals surface area contributed by atoms with E-state index in [0.29, 0.717) is 22.6 Å². The van der Waals surface area contributed by atoms with Gasteiger partial charge in [-0.05, 0) is 48.4 Å². The molecule has 0 unspecified atom stereocenters. The molecular formula is C26H20N2O6. The van der Waals surface area contributed by atoms with Crippen molar-refractivity contribution in [3.8, 4) is 5.75 Å². The molecule has 0 spiro atoms. The zero-order valence-electron chi connectivity index (χ0n) is 18.1. The van der Waals surface area contributed by atoms with Gasteiger partial charge >= 0.3 is 12.0 Å². The van der Waals surface area contributed by atoms with E-state index in [2.05, 4.69) is 5.32 Å². The molecule has 1 saturated heterocycles. The third-order valence-corrected chi connectivity index (χ3v) is 5.27. The lowest BCUT2D eigenvalue weighted by Gasteiger charge is -2.27. The number of hydrogen-bond acceptors (Lipinski definition) is 5. The summed E-state index contributed by atoms with van der Waals surface area (Å²) in [7, 11) is 0. The van der Waals surface area contributed by atoms with Gasteiger partial charge in [-0.15, -0.1) is 0 Å². The van der Waals surface area contributed by atoms with Gasteiger partial charge in [-0.3, -0.25) is 14.9 Å². The van der Waals surface area contributed by atoms with Crippen LogP contribution in [0.5, 0.6) is 5.75 Å². The topological polar surface area (TPSA) is 113 Å². The predicted octanol–water partition coefficient (Wildman–Crippen LogP) is 3.94. The lowest BCUT2D eigenvalue weighted by atomic mass is 10.0. The number of urea groups is 1. The number of ether oxygens (including phenoxy) is 1. The summed E-state index contributed by atoms with van der Waals surface area (Å²) in [6, 6.07) is 19.2. The first kappa shape index (κ1) is 22.5. The number of nitrogens with one attached hydrogen (secondary N) is 1. The van der Waals surface area contributed by atoms with Crippen LogP contribution in [0.4, 0.5) is 10.5 Å². The number of amides is 4. The minimum Gasteiger partial charge on any atom is -0.488 e. The van der Waals surface area contributed by atoms with Gasteiger partial charge in [0, 0.05) is 5.56 Å². The highest BCUT2D eigenvalue weighted by Crippen LogP contribution is 2.27. The Labute approximate surface area is 195 Å². The van der Waals surface area contributed by atoms with E-state index in [0.717, 1.165) is 10.5 Å². The van der Waals surface area contributed by atoms with Crippen molar-refractivity contribution in [1.82, 2.24) is 5.32 Å². The highest BCUT2D eigenvalue weighted by Gasteiger charge is 2.37. The number of carbonyl (C=O) groups excluding carboxylic acids is 3. The van der Waals surface area contributed by atoms with E-state index in [4.69, 9.17) is 9.84 Å². The van der Waals surface area contributed by atoms with Gasteiger partial charge in [0.1, 0.15) is 17.9 Å². The number of imide groups is 2. The summed E-state index contributed by atoms with van der Waals surface area (Å²) in [5, 5.41) is 11.2. The Hall–Kier alpha value is -4.72. The van der Waals surface area contributed by atoms with E-state index >= 15 is 0 Å². The normalized spacial score (nSPS) is 14.8. The first-order valence-corrected chi connectivity index (χ1v) is 10.4. The molecule has 8 heteroatoms. The molecule has 0 atom stereocenters. The number of para-hydroxylation sites is 2. The van der Waals surface area contributed by atoms with Crippen LogP contribution in [-0.4, -0.2) is 28.9 Å². The molecule has 1 aliphatic rings. The van der Waals surface area contributed by atoms with Gasteiger partial charge in [-0.2, -0.15) is 0 Å². The molecule has 170 valence electrons. The van der Waals surface area contributed by atoms with Gasteiger partial charge in [0.05, 0.1) is 11.3 Å². The number of barbiturate groups is 1. The maximum Gasteiger partial charge on any atom is 0.335 e. The number of nitrogens with zero attached hydrogens (tertiary/aromatic N) is 1. The van der Waals surface area contributed by atoms with Crippen LogP contribution >= 0.6 is 0 Å². The smallest absolute Gasteiger partial charge is 0.335 e. The zero-order valence-corrected chi connectivity index (χ0v) is 18.1. The van der Waals surface area contributed by atoms with E-state index in [9.17, 15) is 19.2 Å².